The topological polar surface area (TPSA) is 116 Å². The first kappa shape index (κ1) is 34.8. The number of carboxylic acid groups (broad SMARTS) is 1. The van der Waals surface area contributed by atoms with Crippen LogP contribution in [0.1, 0.15) is 100 Å². The highest BCUT2D eigenvalue weighted by molar-refractivity contribution is 7.99. The molecule has 0 rings (SSSR count). The van der Waals surface area contributed by atoms with Gasteiger partial charge in [0.1, 0.15) is 0 Å². The summed E-state index contributed by atoms with van der Waals surface area (Å²) in [7, 11) is 0. The molecule has 0 aliphatic rings. The van der Waals surface area contributed by atoms with Gasteiger partial charge in [-0.3, -0.25) is 9.59 Å². The molecule has 0 aromatic carbocycles. The van der Waals surface area contributed by atoms with Gasteiger partial charge < -0.3 is 21.3 Å². The third-order valence-corrected chi connectivity index (χ3v) is 7.06. The molecule has 0 saturated carbocycles. The third-order valence-electron chi connectivity index (χ3n) is 5.67. The number of carboxylic acids is 1. The van der Waals surface area contributed by atoms with E-state index in [1.165, 1.54) is 0 Å². The lowest BCUT2D eigenvalue weighted by molar-refractivity contribution is -0.136. The summed E-state index contributed by atoms with van der Waals surface area (Å²) in [6.07, 6.45) is 5.28. The number of nitrogens with two attached hydrogens (primary N) is 2. The summed E-state index contributed by atoms with van der Waals surface area (Å²) in [5, 5.41) is 8.27. The zero-order chi connectivity index (χ0) is 24.9. The van der Waals surface area contributed by atoms with E-state index in [1.807, 2.05) is 27.7 Å². The van der Waals surface area contributed by atoms with Crippen LogP contribution in [0.3, 0.4) is 0 Å². The van der Waals surface area contributed by atoms with E-state index in [-0.39, 0.29) is 17.9 Å². The molecule has 0 bridgehead atoms. The Morgan fingerprint density at radius 1 is 1.00 bits per heavy atom. The molecule has 0 heterocycles. The summed E-state index contributed by atoms with van der Waals surface area (Å²) < 4.78 is 6.09. The molecule has 5 N–H and O–H groups in total. The van der Waals surface area contributed by atoms with Crippen molar-refractivity contribution < 1.29 is 19.4 Å². The monoisotopic (exact) mass is 464 g/mol. The summed E-state index contributed by atoms with van der Waals surface area (Å²) >= 11 is 1.71. The van der Waals surface area contributed by atoms with E-state index in [1.54, 1.807) is 11.8 Å². The Labute approximate surface area is 196 Å². The molecule has 0 unspecified atom stereocenters. The molecule has 0 spiro atoms. The molecule has 0 aliphatic heterocycles. The number of thioether (sulfide) groups is 1. The Kier molecular flexibility index (Phi) is 23.7. The van der Waals surface area contributed by atoms with Crippen molar-refractivity contribution in [2.24, 2.45) is 22.8 Å². The van der Waals surface area contributed by atoms with Crippen molar-refractivity contribution in [2.75, 3.05) is 24.7 Å². The number of rotatable bonds is 16. The number of hydrogen-bond acceptors (Lipinski definition) is 5. The number of ether oxygens (including phenoxy) is 1. The van der Waals surface area contributed by atoms with E-state index in [0.29, 0.717) is 25.5 Å². The van der Waals surface area contributed by atoms with Crippen LogP contribution in [0.5, 0.6) is 0 Å². The van der Waals surface area contributed by atoms with E-state index in [0.717, 1.165) is 43.6 Å². The van der Waals surface area contributed by atoms with Crippen LogP contribution in [0, 0.1) is 11.3 Å². The molecule has 31 heavy (non-hydrogen) atoms. The van der Waals surface area contributed by atoms with Crippen molar-refractivity contribution in [3.8, 4) is 0 Å². The zero-order valence-corrected chi connectivity index (χ0v) is 22.4. The van der Waals surface area contributed by atoms with Gasteiger partial charge in [0.25, 0.3) is 0 Å². The minimum Gasteiger partial charge on any atom is -0.481 e. The molecule has 0 saturated heterocycles. The van der Waals surface area contributed by atoms with Gasteiger partial charge in [-0.2, -0.15) is 11.8 Å². The normalized spacial score (nSPS) is 11.3. The second-order valence-corrected chi connectivity index (χ2v) is 9.14. The van der Waals surface area contributed by atoms with Gasteiger partial charge in [-0.1, -0.05) is 55.4 Å². The summed E-state index contributed by atoms with van der Waals surface area (Å²) in [5.41, 5.74) is 10.7. The van der Waals surface area contributed by atoms with E-state index in [9.17, 15) is 9.59 Å². The van der Waals surface area contributed by atoms with Gasteiger partial charge in [0, 0.05) is 12.4 Å². The first-order chi connectivity index (χ1) is 14.6. The van der Waals surface area contributed by atoms with Crippen LogP contribution in [0.2, 0.25) is 0 Å². The smallest absolute Gasteiger partial charge is 0.304 e. The molecule has 0 aliphatic carbocycles. The largest absolute Gasteiger partial charge is 0.481 e. The molecular formula is C24H52N2O4S. The van der Waals surface area contributed by atoms with Crippen LogP contribution in [0.15, 0.2) is 0 Å². The molecule has 188 valence electrons. The second-order valence-electron chi connectivity index (χ2n) is 7.99. The van der Waals surface area contributed by atoms with Crippen LogP contribution in [0.25, 0.3) is 0 Å². The SMILES string of the molecule is CC.CC(C)CSCCC(=O)O.CCC(CC)(CCN)OCCC(CC)(CC)C(N)=O. The maximum Gasteiger partial charge on any atom is 0.304 e. The van der Waals surface area contributed by atoms with Gasteiger partial charge in [-0.25, -0.2) is 0 Å². The molecule has 0 radical (unpaired) electrons. The average molecular weight is 465 g/mol. The Hall–Kier alpha value is -0.790. The molecule has 0 aromatic rings. The van der Waals surface area contributed by atoms with Gasteiger partial charge in [0.2, 0.25) is 5.91 Å². The number of primary amides is 1. The van der Waals surface area contributed by atoms with E-state index in [4.69, 9.17) is 21.3 Å². The van der Waals surface area contributed by atoms with Crippen LogP contribution in [-0.2, 0) is 14.3 Å². The fourth-order valence-corrected chi connectivity index (χ4v) is 4.12. The average Bonchev–Trinajstić information content (AvgIpc) is 2.75. The molecule has 6 nitrogen and oxygen atoms in total. The lowest BCUT2D eigenvalue weighted by Gasteiger charge is -2.34. The fraction of sp³-hybridized carbons (Fsp3) is 0.917. The van der Waals surface area contributed by atoms with E-state index < -0.39 is 11.4 Å². The van der Waals surface area contributed by atoms with Crippen molar-refractivity contribution in [2.45, 2.75) is 106 Å². The standard InChI is InChI=1S/C15H32N2O2.C7H14O2S.C2H6/c1-5-14(6-2,13(17)18)10-12-19-15(7-3,8-4)9-11-16;1-6(2)5-10-4-3-7(8)9;1-2/h5-12,16H2,1-4H3,(H2,17,18);6H,3-5H2,1-2H3,(H,8,9);1-2H3. The molecule has 7 heteroatoms. The van der Waals surface area contributed by atoms with Gasteiger partial charge in [0.15, 0.2) is 0 Å². The predicted molar refractivity (Wildman–Crippen MR) is 136 cm³/mol. The summed E-state index contributed by atoms with van der Waals surface area (Å²) in [6, 6.07) is 0. The first-order valence-electron chi connectivity index (χ1n) is 12.0. The minimum atomic E-state index is -0.698. The van der Waals surface area contributed by atoms with E-state index in [2.05, 4.69) is 27.7 Å². The molecule has 1 amide bonds. The predicted octanol–water partition coefficient (Wildman–Crippen LogP) is 5.47. The van der Waals surface area contributed by atoms with Crippen molar-refractivity contribution >= 4 is 23.6 Å². The number of carbonyl (C=O) groups excluding carboxylic acids is 1. The lowest BCUT2D eigenvalue weighted by atomic mass is 9.78. The van der Waals surface area contributed by atoms with Crippen LogP contribution >= 0.6 is 11.8 Å². The number of amides is 1. The van der Waals surface area contributed by atoms with Gasteiger partial charge in [0.05, 0.1) is 17.4 Å². The van der Waals surface area contributed by atoms with Crippen LogP contribution in [0.4, 0.5) is 0 Å². The molecule has 0 atom stereocenters. The summed E-state index contributed by atoms with van der Waals surface area (Å²) in [5.74, 6) is 1.56. The van der Waals surface area contributed by atoms with Crippen molar-refractivity contribution in [1.29, 1.82) is 0 Å². The summed E-state index contributed by atoms with van der Waals surface area (Å²) in [4.78, 5) is 21.7. The maximum absolute atomic E-state index is 11.7. The second kappa shape index (κ2) is 21.1. The van der Waals surface area contributed by atoms with Crippen molar-refractivity contribution in [3.05, 3.63) is 0 Å². The molecule has 0 fully saturated rings. The van der Waals surface area contributed by atoms with Crippen molar-refractivity contribution in [1.82, 2.24) is 0 Å². The van der Waals surface area contributed by atoms with Gasteiger partial charge >= 0.3 is 5.97 Å². The van der Waals surface area contributed by atoms with Crippen LogP contribution in [-0.4, -0.2) is 47.2 Å². The Morgan fingerprint density at radius 2 is 1.52 bits per heavy atom. The highest BCUT2D eigenvalue weighted by Crippen LogP contribution is 2.32. The zero-order valence-electron chi connectivity index (χ0n) is 21.6. The summed E-state index contributed by atoms with van der Waals surface area (Å²) in [6.45, 7) is 17.8. The fourth-order valence-electron chi connectivity index (χ4n) is 3.16. The third kappa shape index (κ3) is 16.5. The molecular weight excluding hydrogens is 412 g/mol. The molecule has 0 aromatic heterocycles. The Morgan fingerprint density at radius 3 is 1.84 bits per heavy atom. The van der Waals surface area contributed by atoms with E-state index >= 15 is 0 Å². The number of hydrogen-bond donors (Lipinski definition) is 3. The Balaban J connectivity index is -0.000000550. The quantitative estimate of drug-likeness (QED) is 0.261. The van der Waals surface area contributed by atoms with Gasteiger partial charge in [-0.15, -0.1) is 0 Å². The first-order valence-corrected chi connectivity index (χ1v) is 13.2. The van der Waals surface area contributed by atoms with Crippen LogP contribution < -0.4 is 11.5 Å². The maximum atomic E-state index is 11.7. The highest BCUT2D eigenvalue weighted by Gasteiger charge is 2.34. The number of aliphatic carboxylic acids is 1. The number of carbonyl (C=O) groups is 2. The lowest BCUT2D eigenvalue weighted by Crippen LogP contribution is -2.39. The minimum absolute atomic E-state index is 0.139. The highest BCUT2D eigenvalue weighted by atomic mass is 32.2. The Bertz CT molecular complexity index is 437. The van der Waals surface area contributed by atoms with Crippen molar-refractivity contribution in [3.63, 3.8) is 0 Å². The van der Waals surface area contributed by atoms with Gasteiger partial charge in [-0.05, 0) is 56.7 Å².